The Morgan fingerprint density at radius 1 is 0.771 bits per heavy atom. The SMILES string of the molecule is CC(=O)OCc1ccc(C[n+]2cc3ccc4cncc5ccc(c2)c3c45)cc1.F[P-](F)(F)(F)(F)F. The average molecular weight is 512 g/mol. The fourth-order valence-corrected chi connectivity index (χ4v) is 3.85. The van der Waals surface area contributed by atoms with Crippen LogP contribution in [0.3, 0.4) is 0 Å². The van der Waals surface area contributed by atoms with Crippen molar-refractivity contribution in [2.75, 3.05) is 0 Å². The van der Waals surface area contributed by atoms with Gasteiger partial charge in [0.25, 0.3) is 0 Å². The van der Waals surface area contributed by atoms with Crippen LogP contribution in [0.5, 0.6) is 0 Å². The van der Waals surface area contributed by atoms with Gasteiger partial charge in [0.1, 0.15) is 6.61 Å². The summed E-state index contributed by atoms with van der Waals surface area (Å²) in [5.41, 5.74) is 2.20. The van der Waals surface area contributed by atoms with Gasteiger partial charge in [0.05, 0.1) is 0 Å². The van der Waals surface area contributed by atoms with Crippen molar-refractivity contribution in [3.63, 3.8) is 0 Å². The van der Waals surface area contributed by atoms with Crippen LogP contribution in [0, 0.1) is 0 Å². The van der Waals surface area contributed by atoms with Crippen LogP contribution in [0.2, 0.25) is 0 Å². The van der Waals surface area contributed by atoms with Crippen molar-refractivity contribution < 1.29 is 39.3 Å². The van der Waals surface area contributed by atoms with E-state index in [4.69, 9.17) is 4.74 Å². The van der Waals surface area contributed by atoms with Gasteiger partial charge in [0, 0.05) is 57.2 Å². The van der Waals surface area contributed by atoms with Crippen molar-refractivity contribution in [3.8, 4) is 0 Å². The average Bonchev–Trinajstić information content (AvgIpc) is 2.75. The summed E-state index contributed by atoms with van der Waals surface area (Å²) in [5, 5.41) is 7.40. The van der Waals surface area contributed by atoms with Crippen molar-refractivity contribution >= 4 is 46.1 Å². The topological polar surface area (TPSA) is 43.1 Å². The summed E-state index contributed by atoms with van der Waals surface area (Å²) in [6.07, 6.45) is 8.27. The van der Waals surface area contributed by atoms with E-state index in [2.05, 4.69) is 58.3 Å². The van der Waals surface area contributed by atoms with Gasteiger partial charge in [0.15, 0.2) is 18.9 Å². The van der Waals surface area contributed by atoms with Crippen LogP contribution in [-0.4, -0.2) is 11.0 Å². The van der Waals surface area contributed by atoms with E-state index in [0.29, 0.717) is 6.61 Å². The van der Waals surface area contributed by atoms with Gasteiger partial charge in [-0.15, -0.1) is 0 Å². The number of ether oxygens (including phenoxy) is 1. The Kier molecular flexibility index (Phi) is 5.64. The van der Waals surface area contributed by atoms with Crippen molar-refractivity contribution in [2.24, 2.45) is 0 Å². The minimum absolute atomic E-state index is 0.260. The van der Waals surface area contributed by atoms with E-state index in [9.17, 15) is 30.0 Å². The molecule has 3 aromatic carbocycles. The van der Waals surface area contributed by atoms with E-state index < -0.39 is 7.81 Å². The fraction of sp³-hybridized carbons (Fsp3) is 0.125. The zero-order valence-electron chi connectivity index (χ0n) is 18.3. The Balaban J connectivity index is 0.000000364. The molecule has 2 heterocycles. The van der Waals surface area contributed by atoms with Crippen LogP contribution < -0.4 is 4.57 Å². The van der Waals surface area contributed by atoms with Gasteiger partial charge in [-0.2, -0.15) is 4.57 Å². The zero-order valence-corrected chi connectivity index (χ0v) is 19.2. The van der Waals surface area contributed by atoms with Gasteiger partial charge in [-0.05, 0) is 17.7 Å². The van der Waals surface area contributed by atoms with Gasteiger partial charge < -0.3 is 4.74 Å². The van der Waals surface area contributed by atoms with Crippen molar-refractivity contribution in [1.29, 1.82) is 0 Å². The first kappa shape index (κ1) is 24.6. The maximum absolute atomic E-state index is 10.9. The van der Waals surface area contributed by atoms with E-state index in [1.807, 2.05) is 24.5 Å². The predicted molar refractivity (Wildman–Crippen MR) is 123 cm³/mol. The van der Waals surface area contributed by atoms with Crippen LogP contribution in [-0.2, 0) is 22.7 Å². The molecule has 184 valence electrons. The number of nitrogens with zero attached hydrogens (tertiary/aromatic N) is 2. The molecule has 0 aliphatic heterocycles. The molecule has 5 rings (SSSR count). The fourth-order valence-electron chi connectivity index (χ4n) is 3.85. The molecule has 11 heteroatoms. The van der Waals surface area contributed by atoms with E-state index in [1.54, 1.807) is 0 Å². The molecule has 0 aliphatic rings. The number of pyridine rings is 2. The van der Waals surface area contributed by atoms with Crippen LogP contribution in [0.1, 0.15) is 18.1 Å². The molecule has 0 N–H and O–H groups in total. The quantitative estimate of drug-likeness (QED) is 0.0813. The van der Waals surface area contributed by atoms with Gasteiger partial charge >= 0.3 is 39.0 Å². The second-order valence-electron chi connectivity index (χ2n) is 8.13. The summed E-state index contributed by atoms with van der Waals surface area (Å²) in [7, 11) is -10.7. The minimum atomic E-state index is -10.7. The second-order valence-corrected chi connectivity index (χ2v) is 10.0. The zero-order chi connectivity index (χ0) is 25.5. The van der Waals surface area contributed by atoms with E-state index >= 15 is 0 Å². The van der Waals surface area contributed by atoms with Gasteiger partial charge in [0.2, 0.25) is 0 Å². The van der Waals surface area contributed by atoms with Gasteiger partial charge in [-0.3, -0.25) is 9.78 Å². The third-order valence-electron chi connectivity index (χ3n) is 5.16. The molecule has 0 aliphatic carbocycles. The molecule has 0 fully saturated rings. The summed E-state index contributed by atoms with van der Waals surface area (Å²) >= 11 is 0. The predicted octanol–water partition coefficient (Wildman–Crippen LogP) is 7.76. The van der Waals surface area contributed by atoms with Gasteiger partial charge in [-0.1, -0.05) is 36.4 Å². The normalized spacial score (nSPS) is 13.8. The molecule has 2 aromatic heterocycles. The van der Waals surface area contributed by atoms with Crippen LogP contribution >= 0.6 is 7.81 Å². The molecule has 4 nitrogen and oxygen atoms in total. The van der Waals surface area contributed by atoms with Gasteiger partial charge in [-0.25, -0.2) is 0 Å². The summed E-state index contributed by atoms with van der Waals surface area (Å²) in [6.45, 7) is 2.53. The Hall–Kier alpha value is -3.52. The summed E-state index contributed by atoms with van der Waals surface area (Å²) in [4.78, 5) is 15.3. The standard InChI is InChI=1S/C24H19N2O2.F6P/c1-16(27)28-15-18-4-2-17(3-5-18)12-26-13-21-8-6-19-10-25-11-20-7-9-22(14-26)24(21)23(19)20;1-7(2,3,4,5)6/h2-11,13-14H,12,15H2,1H3;/q+1;-1. The second kappa shape index (κ2) is 8.02. The number of halogens is 6. The number of aromatic nitrogens is 2. The Bertz CT molecular complexity index is 1460. The maximum atomic E-state index is 10.9. The first-order valence-electron chi connectivity index (χ1n) is 10.3. The number of hydrogen-bond acceptors (Lipinski definition) is 3. The molecular weight excluding hydrogens is 493 g/mol. The molecule has 0 radical (unpaired) electrons. The summed E-state index contributed by atoms with van der Waals surface area (Å²) < 4.78 is 66.5. The summed E-state index contributed by atoms with van der Waals surface area (Å²) in [5.74, 6) is -0.260. The van der Waals surface area contributed by atoms with Crippen LogP contribution in [0.25, 0.3) is 32.3 Å². The van der Waals surface area contributed by atoms with Crippen LogP contribution in [0.15, 0.2) is 73.3 Å². The van der Waals surface area contributed by atoms with Crippen molar-refractivity contribution in [1.82, 2.24) is 4.98 Å². The third kappa shape index (κ3) is 6.99. The molecule has 35 heavy (non-hydrogen) atoms. The van der Waals surface area contributed by atoms with E-state index in [1.165, 1.54) is 44.8 Å². The third-order valence-corrected chi connectivity index (χ3v) is 5.16. The molecule has 5 aromatic rings. The first-order valence-corrected chi connectivity index (χ1v) is 12.3. The first-order chi connectivity index (χ1) is 16.1. The van der Waals surface area contributed by atoms with E-state index in [0.717, 1.165) is 12.1 Å². The summed E-state index contributed by atoms with van der Waals surface area (Å²) in [6, 6.07) is 16.8. The molecular formula is C24H19F6N2O2P. The number of hydrogen-bond donors (Lipinski definition) is 0. The Labute approximate surface area is 195 Å². The van der Waals surface area contributed by atoms with E-state index in [-0.39, 0.29) is 5.97 Å². The molecule has 0 unspecified atom stereocenters. The number of esters is 1. The molecule has 0 saturated carbocycles. The van der Waals surface area contributed by atoms with Crippen molar-refractivity contribution in [2.45, 2.75) is 20.1 Å². The number of rotatable bonds is 4. The Morgan fingerprint density at radius 2 is 1.20 bits per heavy atom. The molecule has 0 saturated heterocycles. The molecule has 0 spiro atoms. The molecule has 0 bridgehead atoms. The van der Waals surface area contributed by atoms with Crippen LogP contribution in [0.4, 0.5) is 25.2 Å². The molecule has 0 amide bonds. The number of benzene rings is 3. The number of carbonyl (C=O) groups excluding carboxylic acids is 1. The Morgan fingerprint density at radius 3 is 1.69 bits per heavy atom. The van der Waals surface area contributed by atoms with Crippen molar-refractivity contribution in [3.05, 3.63) is 84.4 Å². The molecule has 0 atom stereocenters. The number of carbonyl (C=O) groups is 1. The monoisotopic (exact) mass is 512 g/mol.